The van der Waals surface area contributed by atoms with Gasteiger partial charge in [-0.3, -0.25) is 4.79 Å². The van der Waals surface area contributed by atoms with Gasteiger partial charge in [0.2, 0.25) is 0 Å². The Kier molecular flexibility index (Phi) is 8.82. The predicted molar refractivity (Wildman–Crippen MR) is 133 cm³/mol. The smallest absolute Gasteiger partial charge is 0.251 e. The van der Waals surface area contributed by atoms with E-state index in [1.165, 1.54) is 6.07 Å². The molecule has 0 saturated carbocycles. The average Bonchev–Trinajstić information content (AvgIpc) is 2.80. The summed E-state index contributed by atoms with van der Waals surface area (Å²) < 4.78 is 6.97. The van der Waals surface area contributed by atoms with E-state index in [9.17, 15) is 4.79 Å². The number of nitrogens with zero attached hydrogens (tertiary/aromatic N) is 2. The van der Waals surface area contributed by atoms with E-state index >= 15 is 0 Å². The highest BCUT2D eigenvalue weighted by molar-refractivity contribution is 6.42. The number of benzene rings is 1. The number of allylic oxidation sites excluding steroid dienone is 1. The third kappa shape index (κ3) is 6.39. The number of halogens is 2. The maximum Gasteiger partial charge on any atom is 0.251 e. The molecule has 1 aliphatic rings. The molecule has 0 spiro atoms. The quantitative estimate of drug-likeness (QED) is 0.419. The maximum atomic E-state index is 12.5. The number of rotatable bonds is 9. The molecular weight excluding hydrogens is 447 g/mol. The fraction of sp³-hybridized carbons (Fsp3) is 0.375. The van der Waals surface area contributed by atoms with Crippen LogP contribution in [0.5, 0.6) is 0 Å². The zero-order valence-corrected chi connectivity index (χ0v) is 19.8. The average molecular weight is 477 g/mol. The summed E-state index contributed by atoms with van der Waals surface area (Å²) in [4.78, 5) is 14.9. The number of pyridine rings is 1. The standard InChI is InChI=1S/C24H30Cl2N4O2/c1-3-19(32-2)15-23-22(27)6-7-24(31)30(23)13-12-29-10-8-18(9-11-29)28-16-17-4-5-20(25)21(26)14-17/h3-7,14-15,18,28H,1,8-13,16,27H2,2H3/b19-15+. The lowest BCUT2D eigenvalue weighted by Crippen LogP contribution is -2.43. The van der Waals surface area contributed by atoms with Gasteiger partial charge in [0.25, 0.3) is 5.56 Å². The van der Waals surface area contributed by atoms with E-state index in [1.807, 2.05) is 18.2 Å². The summed E-state index contributed by atoms with van der Waals surface area (Å²) in [6.07, 6.45) is 5.44. The van der Waals surface area contributed by atoms with Crippen molar-refractivity contribution in [3.63, 3.8) is 0 Å². The predicted octanol–water partition coefficient (Wildman–Crippen LogP) is 4.16. The first kappa shape index (κ1) is 24.4. The number of methoxy groups -OCH3 is 1. The van der Waals surface area contributed by atoms with Crippen LogP contribution in [0.3, 0.4) is 0 Å². The van der Waals surface area contributed by atoms with Crippen LogP contribution in [0.4, 0.5) is 5.69 Å². The van der Waals surface area contributed by atoms with E-state index in [0.717, 1.165) is 44.6 Å². The lowest BCUT2D eigenvalue weighted by Gasteiger charge is -2.32. The van der Waals surface area contributed by atoms with E-state index < -0.39 is 0 Å². The molecule has 2 heterocycles. The molecule has 1 aromatic heterocycles. The number of aromatic nitrogens is 1. The number of anilines is 1. The van der Waals surface area contributed by atoms with Crippen LogP contribution in [0.25, 0.3) is 6.08 Å². The van der Waals surface area contributed by atoms with Crippen molar-refractivity contribution in [2.45, 2.75) is 32.0 Å². The van der Waals surface area contributed by atoms with Gasteiger partial charge >= 0.3 is 0 Å². The fourth-order valence-corrected chi connectivity index (χ4v) is 4.17. The third-order valence-corrected chi connectivity index (χ3v) is 6.52. The highest BCUT2D eigenvalue weighted by atomic mass is 35.5. The SMILES string of the molecule is C=C/C(=C\c1c(N)ccc(=O)n1CCN1CCC(NCc2ccc(Cl)c(Cl)c2)CC1)OC. The van der Waals surface area contributed by atoms with Crippen molar-refractivity contribution in [2.24, 2.45) is 0 Å². The van der Waals surface area contributed by atoms with Crippen molar-refractivity contribution in [1.82, 2.24) is 14.8 Å². The van der Waals surface area contributed by atoms with Crippen LogP contribution in [0.15, 0.2) is 53.5 Å². The van der Waals surface area contributed by atoms with Crippen LogP contribution < -0.4 is 16.6 Å². The van der Waals surface area contributed by atoms with Gasteiger partial charge in [-0.05, 0) is 55.8 Å². The molecule has 32 heavy (non-hydrogen) atoms. The number of piperidine rings is 1. The van der Waals surface area contributed by atoms with Gasteiger partial charge in [-0.1, -0.05) is 35.8 Å². The lowest BCUT2D eigenvalue weighted by molar-refractivity contribution is 0.190. The van der Waals surface area contributed by atoms with E-state index in [1.54, 1.807) is 29.9 Å². The minimum absolute atomic E-state index is 0.0804. The summed E-state index contributed by atoms with van der Waals surface area (Å²) in [5.74, 6) is 0.560. The summed E-state index contributed by atoms with van der Waals surface area (Å²) in [6, 6.07) is 9.32. The highest BCUT2D eigenvalue weighted by Gasteiger charge is 2.19. The minimum Gasteiger partial charge on any atom is -0.497 e. The first-order valence-corrected chi connectivity index (χ1v) is 11.4. The molecule has 6 nitrogen and oxygen atoms in total. The van der Waals surface area contributed by atoms with Gasteiger partial charge in [0.1, 0.15) is 5.76 Å². The number of hydrogen-bond donors (Lipinski definition) is 2. The summed E-state index contributed by atoms with van der Waals surface area (Å²) in [7, 11) is 1.56. The Hall–Kier alpha value is -2.25. The maximum absolute atomic E-state index is 12.5. The van der Waals surface area contributed by atoms with Crippen molar-refractivity contribution in [3.05, 3.63) is 80.4 Å². The van der Waals surface area contributed by atoms with Crippen molar-refractivity contribution in [2.75, 3.05) is 32.5 Å². The first-order valence-electron chi connectivity index (χ1n) is 10.7. The van der Waals surface area contributed by atoms with Crippen molar-refractivity contribution >= 4 is 35.0 Å². The second-order valence-electron chi connectivity index (χ2n) is 7.86. The van der Waals surface area contributed by atoms with Crippen LogP contribution in [0, 0.1) is 0 Å². The Bertz CT molecular complexity index is 1030. The van der Waals surface area contributed by atoms with Gasteiger partial charge in [-0.2, -0.15) is 0 Å². The molecule has 0 atom stereocenters. The van der Waals surface area contributed by atoms with Gasteiger partial charge in [-0.25, -0.2) is 0 Å². The van der Waals surface area contributed by atoms with E-state index in [2.05, 4.69) is 16.8 Å². The van der Waals surface area contributed by atoms with Crippen LogP contribution in [-0.4, -0.2) is 42.3 Å². The third-order valence-electron chi connectivity index (χ3n) is 5.78. The molecule has 0 unspecified atom stereocenters. The highest BCUT2D eigenvalue weighted by Crippen LogP contribution is 2.23. The van der Waals surface area contributed by atoms with Crippen molar-refractivity contribution < 1.29 is 4.74 Å². The minimum atomic E-state index is -0.0804. The summed E-state index contributed by atoms with van der Waals surface area (Å²) in [5, 5.41) is 4.76. The van der Waals surface area contributed by atoms with Crippen LogP contribution >= 0.6 is 23.2 Å². The molecule has 1 fully saturated rings. The molecule has 0 bridgehead atoms. The first-order chi connectivity index (χ1) is 15.4. The molecule has 1 aromatic carbocycles. The normalized spacial score (nSPS) is 15.7. The number of nitrogens with one attached hydrogen (secondary N) is 1. The number of nitrogen functional groups attached to an aromatic ring is 1. The topological polar surface area (TPSA) is 72.5 Å². The Morgan fingerprint density at radius 3 is 2.62 bits per heavy atom. The van der Waals surface area contributed by atoms with Gasteiger partial charge in [-0.15, -0.1) is 0 Å². The zero-order chi connectivity index (χ0) is 23.1. The fourth-order valence-electron chi connectivity index (χ4n) is 3.85. The number of nitrogens with two attached hydrogens (primary N) is 1. The molecular formula is C24H30Cl2N4O2. The largest absolute Gasteiger partial charge is 0.497 e. The van der Waals surface area contributed by atoms with Crippen molar-refractivity contribution in [1.29, 1.82) is 0 Å². The van der Waals surface area contributed by atoms with Gasteiger partial charge in [0.05, 0.1) is 28.5 Å². The molecule has 1 saturated heterocycles. The summed E-state index contributed by atoms with van der Waals surface area (Å²) in [5.41, 5.74) is 8.36. The molecule has 172 valence electrons. The second kappa shape index (κ2) is 11.6. The van der Waals surface area contributed by atoms with Crippen LogP contribution in [0.2, 0.25) is 10.0 Å². The number of hydrogen-bond acceptors (Lipinski definition) is 5. The molecule has 2 aromatic rings. The van der Waals surface area contributed by atoms with Crippen LogP contribution in [0.1, 0.15) is 24.1 Å². The van der Waals surface area contributed by atoms with Crippen molar-refractivity contribution in [3.8, 4) is 0 Å². The Balaban J connectivity index is 1.54. The molecule has 0 amide bonds. The van der Waals surface area contributed by atoms with E-state index in [0.29, 0.717) is 39.8 Å². The second-order valence-corrected chi connectivity index (χ2v) is 8.68. The van der Waals surface area contributed by atoms with Gasteiger partial charge in [0, 0.05) is 37.8 Å². The summed E-state index contributed by atoms with van der Waals surface area (Å²) in [6.45, 7) is 7.77. The van der Waals surface area contributed by atoms with Crippen LogP contribution in [-0.2, 0) is 17.8 Å². The Morgan fingerprint density at radius 2 is 1.97 bits per heavy atom. The lowest BCUT2D eigenvalue weighted by atomic mass is 10.0. The number of ether oxygens (including phenoxy) is 1. The molecule has 0 radical (unpaired) electrons. The Labute approximate surface area is 199 Å². The molecule has 3 N–H and O–H groups in total. The molecule has 0 aliphatic carbocycles. The van der Waals surface area contributed by atoms with Gasteiger partial charge < -0.3 is 25.3 Å². The summed E-state index contributed by atoms with van der Waals surface area (Å²) >= 11 is 12.1. The van der Waals surface area contributed by atoms with E-state index in [4.69, 9.17) is 33.7 Å². The van der Waals surface area contributed by atoms with E-state index in [-0.39, 0.29) is 5.56 Å². The Morgan fingerprint density at radius 1 is 1.22 bits per heavy atom. The number of likely N-dealkylation sites (tertiary alicyclic amines) is 1. The van der Waals surface area contributed by atoms with Gasteiger partial charge in [0.15, 0.2) is 0 Å². The molecule has 3 rings (SSSR count). The monoisotopic (exact) mass is 476 g/mol. The molecule has 1 aliphatic heterocycles. The molecule has 8 heteroatoms. The zero-order valence-electron chi connectivity index (χ0n) is 18.3.